The van der Waals surface area contributed by atoms with E-state index < -0.39 is 4.92 Å². The molecule has 1 atom stereocenters. The van der Waals surface area contributed by atoms with Gasteiger partial charge in [-0.25, -0.2) is 0 Å². The van der Waals surface area contributed by atoms with Crippen molar-refractivity contribution in [3.05, 3.63) is 51.3 Å². The number of amides is 1. The second-order valence-electron chi connectivity index (χ2n) is 6.97. The number of aryl methyl sites for hydroxylation is 1. The van der Waals surface area contributed by atoms with E-state index in [-0.39, 0.29) is 42.2 Å². The number of phenols is 1. The molecule has 2 aromatic rings. The van der Waals surface area contributed by atoms with Gasteiger partial charge in [0.1, 0.15) is 23.7 Å². The van der Waals surface area contributed by atoms with Crippen LogP contribution in [0.25, 0.3) is 0 Å². The molecule has 0 spiro atoms. The lowest BCUT2D eigenvalue weighted by Crippen LogP contribution is -2.39. The second-order valence-corrected chi connectivity index (χ2v) is 6.97. The van der Waals surface area contributed by atoms with Crippen LogP contribution in [0, 0.1) is 24.0 Å². The van der Waals surface area contributed by atoms with Gasteiger partial charge in [0.15, 0.2) is 0 Å². The van der Waals surface area contributed by atoms with Crippen LogP contribution >= 0.6 is 0 Å². The van der Waals surface area contributed by atoms with Gasteiger partial charge >= 0.3 is 5.69 Å². The summed E-state index contributed by atoms with van der Waals surface area (Å²) in [7, 11) is 0. The predicted molar refractivity (Wildman–Crippen MR) is 101 cm³/mol. The monoisotopic (exact) mass is 388 g/mol. The van der Waals surface area contributed by atoms with Crippen LogP contribution in [0.4, 0.5) is 5.69 Å². The number of carbonyl (C=O) groups is 1. The summed E-state index contributed by atoms with van der Waals surface area (Å²) in [4.78, 5) is 25.4. The van der Waals surface area contributed by atoms with Crippen molar-refractivity contribution in [3.8, 4) is 5.75 Å². The number of aromatic hydroxyl groups is 1. The minimum atomic E-state index is -0.481. The zero-order chi connectivity index (χ0) is 20.3. The number of ether oxygens (including phenoxy) is 1. The zero-order valence-electron chi connectivity index (χ0n) is 16.0. The van der Waals surface area contributed by atoms with E-state index in [0.717, 1.165) is 12.8 Å². The Kier molecular flexibility index (Phi) is 5.93. The van der Waals surface area contributed by atoms with Gasteiger partial charge in [0.25, 0.3) is 0 Å². The molecule has 0 aliphatic carbocycles. The van der Waals surface area contributed by atoms with Gasteiger partial charge in [-0.3, -0.25) is 19.6 Å². The molecule has 0 saturated carbocycles. The Bertz CT molecular complexity index is 873. The zero-order valence-corrected chi connectivity index (χ0v) is 16.0. The van der Waals surface area contributed by atoms with E-state index in [9.17, 15) is 20.0 Å². The number of phenolic OH excluding ortho intramolecular Hbond substituents is 1. The maximum absolute atomic E-state index is 13.0. The van der Waals surface area contributed by atoms with Crippen LogP contribution in [-0.2, 0) is 22.6 Å². The van der Waals surface area contributed by atoms with Gasteiger partial charge in [0.05, 0.1) is 11.0 Å². The molecule has 1 N–H and O–H groups in total. The van der Waals surface area contributed by atoms with Crippen molar-refractivity contribution in [2.75, 3.05) is 13.2 Å². The molecule has 0 radical (unpaired) electrons. The van der Waals surface area contributed by atoms with Gasteiger partial charge < -0.3 is 14.7 Å². The van der Waals surface area contributed by atoms with E-state index in [1.807, 2.05) is 0 Å². The van der Waals surface area contributed by atoms with Gasteiger partial charge in [0.2, 0.25) is 5.91 Å². The maximum Gasteiger partial charge on any atom is 0.312 e. The summed E-state index contributed by atoms with van der Waals surface area (Å²) in [5.41, 5.74) is 1.18. The summed E-state index contributed by atoms with van der Waals surface area (Å²) in [6.45, 7) is 4.33. The third-order valence-electron chi connectivity index (χ3n) is 4.96. The molecule has 28 heavy (non-hydrogen) atoms. The highest BCUT2D eigenvalue weighted by Crippen LogP contribution is 2.23. The topological polar surface area (TPSA) is 111 Å². The third kappa shape index (κ3) is 4.30. The van der Waals surface area contributed by atoms with Crippen LogP contribution < -0.4 is 0 Å². The molecule has 9 nitrogen and oxygen atoms in total. The first kappa shape index (κ1) is 19.8. The molecule has 2 heterocycles. The Hall–Kier alpha value is -2.94. The number of para-hydroxylation sites is 1. The molecular weight excluding hydrogens is 364 g/mol. The molecule has 1 aliphatic rings. The number of nitro groups is 1. The molecule has 1 aliphatic heterocycles. The number of carbonyl (C=O) groups excluding carboxylic acids is 1. The molecule has 9 heteroatoms. The molecule has 0 bridgehead atoms. The number of nitrogens with zero attached hydrogens (tertiary/aromatic N) is 4. The molecule has 1 amide bonds. The van der Waals surface area contributed by atoms with Crippen molar-refractivity contribution in [1.82, 2.24) is 14.7 Å². The van der Waals surface area contributed by atoms with Crippen LogP contribution in [0.15, 0.2) is 24.3 Å². The first-order chi connectivity index (χ1) is 13.4. The summed E-state index contributed by atoms with van der Waals surface area (Å²) >= 11 is 0. The Morgan fingerprint density at radius 1 is 1.43 bits per heavy atom. The first-order valence-corrected chi connectivity index (χ1v) is 9.21. The first-order valence-electron chi connectivity index (χ1n) is 9.21. The fourth-order valence-electron chi connectivity index (χ4n) is 3.47. The van der Waals surface area contributed by atoms with Crippen molar-refractivity contribution in [2.24, 2.45) is 0 Å². The summed E-state index contributed by atoms with van der Waals surface area (Å²) in [5, 5.41) is 25.4. The average molecular weight is 388 g/mol. The highest BCUT2D eigenvalue weighted by molar-refractivity contribution is 5.76. The Balaban J connectivity index is 1.81. The molecular formula is C19H24N4O5. The van der Waals surface area contributed by atoms with Crippen LogP contribution in [0.2, 0.25) is 0 Å². The molecule has 1 aromatic heterocycles. The summed E-state index contributed by atoms with van der Waals surface area (Å²) in [6, 6.07) is 6.86. The fraction of sp³-hybridized carbons (Fsp3) is 0.474. The normalized spacial score (nSPS) is 16.3. The minimum Gasteiger partial charge on any atom is -0.508 e. The van der Waals surface area contributed by atoms with Crippen molar-refractivity contribution in [2.45, 2.75) is 45.9 Å². The quantitative estimate of drug-likeness (QED) is 0.576. The minimum absolute atomic E-state index is 0.0513. The Morgan fingerprint density at radius 3 is 2.79 bits per heavy atom. The molecule has 1 unspecified atom stereocenters. The van der Waals surface area contributed by atoms with Crippen molar-refractivity contribution < 1.29 is 19.6 Å². The summed E-state index contributed by atoms with van der Waals surface area (Å²) < 4.78 is 7.03. The van der Waals surface area contributed by atoms with E-state index in [1.54, 1.807) is 43.0 Å². The second kappa shape index (κ2) is 8.39. The van der Waals surface area contributed by atoms with Gasteiger partial charge in [0, 0.05) is 25.3 Å². The Morgan fingerprint density at radius 2 is 2.18 bits per heavy atom. The van der Waals surface area contributed by atoms with E-state index in [4.69, 9.17) is 4.74 Å². The average Bonchev–Trinajstić information content (AvgIpc) is 3.24. The molecule has 1 aromatic carbocycles. The number of hydrogen-bond acceptors (Lipinski definition) is 6. The van der Waals surface area contributed by atoms with Crippen molar-refractivity contribution in [3.63, 3.8) is 0 Å². The van der Waals surface area contributed by atoms with Crippen molar-refractivity contribution >= 4 is 11.6 Å². The SMILES string of the molecule is Cc1nn(CC(=O)N(Cc2ccccc2O)CC2CCCO2)c(C)c1[N+](=O)[O-]. The number of hydrogen-bond donors (Lipinski definition) is 1. The predicted octanol–water partition coefficient (Wildman–Crippen LogP) is 2.32. The van der Waals surface area contributed by atoms with E-state index >= 15 is 0 Å². The third-order valence-corrected chi connectivity index (χ3v) is 4.96. The van der Waals surface area contributed by atoms with E-state index in [1.165, 1.54) is 4.68 Å². The number of benzene rings is 1. The highest BCUT2D eigenvalue weighted by atomic mass is 16.6. The number of aromatic nitrogens is 2. The van der Waals surface area contributed by atoms with Crippen LogP contribution in [0.5, 0.6) is 5.75 Å². The maximum atomic E-state index is 13.0. The van der Waals surface area contributed by atoms with Gasteiger partial charge in [-0.15, -0.1) is 0 Å². The molecule has 3 rings (SSSR count). The molecule has 1 fully saturated rings. The fourth-order valence-corrected chi connectivity index (χ4v) is 3.47. The number of rotatable bonds is 7. The van der Waals surface area contributed by atoms with E-state index in [2.05, 4.69) is 5.10 Å². The van der Waals surface area contributed by atoms with Gasteiger partial charge in [-0.05, 0) is 32.8 Å². The lowest BCUT2D eigenvalue weighted by molar-refractivity contribution is -0.386. The summed E-state index contributed by atoms with van der Waals surface area (Å²) in [5.74, 6) is -0.117. The Labute approximate surface area is 162 Å². The standard InChI is InChI=1S/C19H24N4O5/c1-13-19(23(26)27)14(2)22(20-13)12-18(25)21(11-16-7-5-9-28-16)10-15-6-3-4-8-17(15)24/h3-4,6,8,16,24H,5,7,9-12H2,1-2H3. The smallest absolute Gasteiger partial charge is 0.312 e. The lowest BCUT2D eigenvalue weighted by atomic mass is 10.1. The van der Waals surface area contributed by atoms with Crippen LogP contribution in [0.1, 0.15) is 29.8 Å². The summed E-state index contributed by atoms with van der Waals surface area (Å²) in [6.07, 6.45) is 1.77. The molecule has 1 saturated heterocycles. The highest BCUT2D eigenvalue weighted by Gasteiger charge is 2.27. The van der Waals surface area contributed by atoms with Gasteiger partial charge in [-0.1, -0.05) is 18.2 Å². The van der Waals surface area contributed by atoms with Gasteiger partial charge in [-0.2, -0.15) is 5.10 Å². The van der Waals surface area contributed by atoms with Crippen molar-refractivity contribution in [1.29, 1.82) is 0 Å². The molecule has 150 valence electrons. The van der Waals surface area contributed by atoms with Crippen LogP contribution in [-0.4, -0.2) is 49.9 Å². The largest absolute Gasteiger partial charge is 0.508 e. The van der Waals surface area contributed by atoms with E-state index in [0.29, 0.717) is 24.4 Å². The van der Waals surface area contributed by atoms with Crippen LogP contribution in [0.3, 0.4) is 0 Å². The lowest BCUT2D eigenvalue weighted by Gasteiger charge is -2.26.